The van der Waals surface area contributed by atoms with Crippen molar-refractivity contribution in [2.45, 2.75) is 6.42 Å². The first-order chi connectivity index (χ1) is 5.22. The fraction of sp³-hybridized carbons (Fsp3) is 0.500. The molecule has 0 aromatic carbocycles. The molecule has 11 heavy (non-hydrogen) atoms. The molecule has 0 aliphatic heterocycles. The molecule has 0 saturated heterocycles. The number of ether oxygens (including phenoxy) is 1. The van der Waals surface area contributed by atoms with Crippen LogP contribution < -0.4 is 0 Å². The van der Waals surface area contributed by atoms with Gasteiger partial charge in [-0.3, -0.25) is 9.48 Å². The molecule has 0 aliphatic rings. The molecule has 1 aromatic heterocycles. The maximum absolute atomic E-state index is 10.7. The van der Waals surface area contributed by atoms with Gasteiger partial charge in [0.15, 0.2) is 0 Å². The topological polar surface area (TPSA) is 57.0 Å². The monoisotopic (exact) mass is 155 g/mol. The number of hydrogen-bond donors (Lipinski definition) is 0. The van der Waals surface area contributed by atoms with Crippen molar-refractivity contribution in [1.82, 2.24) is 15.0 Å². The minimum absolute atomic E-state index is 0.185. The molecule has 0 atom stereocenters. The summed E-state index contributed by atoms with van der Waals surface area (Å²) < 4.78 is 5.99. The number of aryl methyl sites for hydroxylation is 1. The number of nitrogens with zero attached hydrogens (tertiary/aromatic N) is 3. The lowest BCUT2D eigenvalue weighted by Crippen LogP contribution is -2.04. The maximum Gasteiger partial charge on any atom is 0.311 e. The zero-order chi connectivity index (χ0) is 8.27. The van der Waals surface area contributed by atoms with E-state index in [1.807, 2.05) is 0 Å². The summed E-state index contributed by atoms with van der Waals surface area (Å²) in [6.07, 6.45) is 1.86. The first-order valence-electron chi connectivity index (χ1n) is 3.14. The van der Waals surface area contributed by atoms with Gasteiger partial charge >= 0.3 is 5.97 Å². The van der Waals surface area contributed by atoms with Gasteiger partial charge in [-0.1, -0.05) is 5.21 Å². The molecule has 5 heteroatoms. The van der Waals surface area contributed by atoms with E-state index in [0.717, 1.165) is 0 Å². The summed E-state index contributed by atoms with van der Waals surface area (Å²) in [4.78, 5) is 10.7. The second-order valence-electron chi connectivity index (χ2n) is 2.14. The van der Waals surface area contributed by atoms with Gasteiger partial charge in [0.2, 0.25) is 0 Å². The summed E-state index contributed by atoms with van der Waals surface area (Å²) in [6, 6.07) is 0. The number of rotatable bonds is 2. The highest BCUT2D eigenvalue weighted by atomic mass is 16.5. The Bertz CT molecular complexity index is 256. The predicted octanol–water partition coefficient (Wildman–Crippen LogP) is -0.469. The number of carbonyl (C=O) groups is 1. The van der Waals surface area contributed by atoms with Crippen molar-refractivity contribution >= 4 is 5.97 Å². The van der Waals surface area contributed by atoms with Crippen LogP contribution in [-0.4, -0.2) is 28.1 Å². The Labute approximate surface area is 64.0 Å². The van der Waals surface area contributed by atoms with Crippen LogP contribution in [-0.2, 0) is 23.0 Å². The van der Waals surface area contributed by atoms with Crippen molar-refractivity contribution in [3.05, 3.63) is 11.9 Å². The highest BCUT2D eigenvalue weighted by Gasteiger charge is 2.04. The van der Waals surface area contributed by atoms with E-state index in [1.165, 1.54) is 11.8 Å². The number of methoxy groups -OCH3 is 1. The normalized spacial score (nSPS) is 9.64. The van der Waals surface area contributed by atoms with Gasteiger partial charge in [-0.25, -0.2) is 0 Å². The lowest BCUT2D eigenvalue weighted by Gasteiger charge is -1.92. The van der Waals surface area contributed by atoms with E-state index in [-0.39, 0.29) is 12.4 Å². The summed E-state index contributed by atoms with van der Waals surface area (Å²) in [5.74, 6) is -0.300. The van der Waals surface area contributed by atoms with Crippen molar-refractivity contribution in [1.29, 1.82) is 0 Å². The summed E-state index contributed by atoms with van der Waals surface area (Å²) in [7, 11) is 3.09. The minimum Gasteiger partial charge on any atom is -0.469 e. The fourth-order valence-electron chi connectivity index (χ4n) is 0.696. The van der Waals surface area contributed by atoms with Crippen LogP contribution in [0, 0.1) is 0 Å². The SMILES string of the molecule is COC(=O)Cc1cn(C)nn1. The van der Waals surface area contributed by atoms with Crippen LogP contribution in [0.1, 0.15) is 5.69 Å². The van der Waals surface area contributed by atoms with E-state index in [9.17, 15) is 4.79 Å². The molecule has 0 radical (unpaired) electrons. The number of carbonyl (C=O) groups excluding carboxylic acids is 1. The molecule has 0 fully saturated rings. The average molecular weight is 155 g/mol. The second kappa shape index (κ2) is 3.14. The smallest absolute Gasteiger partial charge is 0.311 e. The molecule has 1 rings (SSSR count). The maximum atomic E-state index is 10.7. The van der Waals surface area contributed by atoms with Crippen molar-refractivity contribution in [2.75, 3.05) is 7.11 Å². The van der Waals surface area contributed by atoms with E-state index < -0.39 is 0 Å². The molecule has 60 valence electrons. The Morgan fingerprint density at radius 1 is 1.82 bits per heavy atom. The van der Waals surface area contributed by atoms with Gasteiger partial charge in [0, 0.05) is 13.2 Å². The van der Waals surface area contributed by atoms with Gasteiger partial charge in [0.05, 0.1) is 19.2 Å². The number of hydrogen-bond acceptors (Lipinski definition) is 4. The van der Waals surface area contributed by atoms with Crippen molar-refractivity contribution in [3.8, 4) is 0 Å². The summed E-state index contributed by atoms with van der Waals surface area (Å²) >= 11 is 0. The second-order valence-corrected chi connectivity index (χ2v) is 2.14. The highest BCUT2D eigenvalue weighted by molar-refractivity contribution is 5.71. The van der Waals surface area contributed by atoms with E-state index in [2.05, 4.69) is 15.0 Å². The zero-order valence-corrected chi connectivity index (χ0v) is 6.44. The standard InChI is InChI=1S/C6H9N3O2/c1-9-4-5(7-8-9)3-6(10)11-2/h4H,3H2,1-2H3. The van der Waals surface area contributed by atoms with Crippen LogP contribution >= 0.6 is 0 Å². The predicted molar refractivity (Wildman–Crippen MR) is 36.7 cm³/mol. The quantitative estimate of drug-likeness (QED) is 0.542. The molecular weight excluding hydrogens is 146 g/mol. The Morgan fingerprint density at radius 2 is 2.55 bits per heavy atom. The summed E-state index contributed by atoms with van der Waals surface area (Å²) in [5.41, 5.74) is 0.624. The molecule has 1 aromatic rings. The van der Waals surface area contributed by atoms with Crippen molar-refractivity contribution in [3.63, 3.8) is 0 Å². The van der Waals surface area contributed by atoms with Crippen LogP contribution in [0.5, 0.6) is 0 Å². The fourth-order valence-corrected chi connectivity index (χ4v) is 0.696. The Kier molecular flexibility index (Phi) is 2.20. The van der Waals surface area contributed by atoms with Crippen LogP contribution in [0.3, 0.4) is 0 Å². The third-order valence-electron chi connectivity index (χ3n) is 1.20. The highest BCUT2D eigenvalue weighted by Crippen LogP contribution is 1.93. The largest absolute Gasteiger partial charge is 0.469 e. The number of esters is 1. The van der Waals surface area contributed by atoms with Crippen molar-refractivity contribution in [2.24, 2.45) is 7.05 Å². The molecule has 0 amide bonds. The molecule has 5 nitrogen and oxygen atoms in total. The third-order valence-corrected chi connectivity index (χ3v) is 1.20. The lowest BCUT2D eigenvalue weighted by molar-refractivity contribution is -0.139. The van der Waals surface area contributed by atoms with Crippen LogP contribution in [0.25, 0.3) is 0 Å². The van der Waals surface area contributed by atoms with E-state index in [0.29, 0.717) is 5.69 Å². The Hall–Kier alpha value is -1.39. The molecule has 0 saturated carbocycles. The Morgan fingerprint density at radius 3 is 3.00 bits per heavy atom. The first-order valence-corrected chi connectivity index (χ1v) is 3.14. The lowest BCUT2D eigenvalue weighted by atomic mass is 10.3. The van der Waals surface area contributed by atoms with Gasteiger partial charge in [-0.05, 0) is 0 Å². The first kappa shape index (κ1) is 7.71. The molecule has 0 aliphatic carbocycles. The summed E-state index contributed by atoms with van der Waals surface area (Å²) in [6.45, 7) is 0. The van der Waals surface area contributed by atoms with Gasteiger partial charge in [0.25, 0.3) is 0 Å². The van der Waals surface area contributed by atoms with Gasteiger partial charge in [-0.2, -0.15) is 0 Å². The van der Waals surface area contributed by atoms with E-state index >= 15 is 0 Å². The van der Waals surface area contributed by atoms with E-state index in [1.54, 1.807) is 13.2 Å². The Balaban J connectivity index is 2.57. The molecule has 1 heterocycles. The van der Waals surface area contributed by atoms with Crippen LogP contribution in [0.4, 0.5) is 0 Å². The average Bonchev–Trinajstić information content (AvgIpc) is 2.35. The van der Waals surface area contributed by atoms with Gasteiger partial charge in [-0.15, -0.1) is 5.10 Å². The minimum atomic E-state index is -0.300. The molecular formula is C6H9N3O2. The molecule has 0 unspecified atom stereocenters. The van der Waals surface area contributed by atoms with Gasteiger partial charge in [0.1, 0.15) is 0 Å². The molecule has 0 bridgehead atoms. The van der Waals surface area contributed by atoms with Crippen LogP contribution in [0.2, 0.25) is 0 Å². The van der Waals surface area contributed by atoms with Gasteiger partial charge < -0.3 is 4.74 Å². The summed E-state index contributed by atoms with van der Waals surface area (Å²) in [5, 5.41) is 7.38. The third kappa shape index (κ3) is 2.03. The van der Waals surface area contributed by atoms with Crippen LogP contribution in [0.15, 0.2) is 6.20 Å². The molecule has 0 N–H and O–H groups in total. The zero-order valence-electron chi connectivity index (χ0n) is 6.44. The van der Waals surface area contributed by atoms with Crippen molar-refractivity contribution < 1.29 is 9.53 Å². The molecule has 0 spiro atoms. The van der Waals surface area contributed by atoms with E-state index in [4.69, 9.17) is 0 Å². The number of aromatic nitrogens is 3.